The second-order valence-corrected chi connectivity index (χ2v) is 6.29. The van der Waals surface area contributed by atoms with E-state index in [0.29, 0.717) is 33.0 Å². The predicted molar refractivity (Wildman–Crippen MR) is 96.5 cm³/mol. The third-order valence-corrected chi connectivity index (χ3v) is 3.77. The molecule has 0 atom stereocenters. The van der Waals surface area contributed by atoms with Crippen molar-refractivity contribution in [1.82, 2.24) is 15.2 Å². The number of halogens is 2. The summed E-state index contributed by atoms with van der Waals surface area (Å²) in [5.74, 6) is 0.819. The number of hydrogen-bond acceptors (Lipinski definition) is 4. The Morgan fingerprint density at radius 3 is 2.38 bits per heavy atom. The van der Waals surface area contributed by atoms with Gasteiger partial charge in [0.05, 0.1) is 11.1 Å². The fraction of sp³-hybridized carbons (Fsp3) is 0.167. The summed E-state index contributed by atoms with van der Waals surface area (Å²) in [7, 11) is 0. The minimum absolute atomic E-state index is 0.0438. The second kappa shape index (κ2) is 7.16. The third kappa shape index (κ3) is 3.66. The summed E-state index contributed by atoms with van der Waals surface area (Å²) >= 11 is 12.2. The topological polar surface area (TPSA) is 47.9 Å². The van der Waals surface area contributed by atoms with Gasteiger partial charge in [0, 0.05) is 16.1 Å². The molecule has 0 unspecified atom stereocenters. The SMILES string of the molecule is CC(C)Oc1nc(-c2ccc(Cl)cc2Cl)nnc1-c1ccccc1. The van der Waals surface area contributed by atoms with Crippen molar-refractivity contribution in [1.29, 1.82) is 0 Å². The summed E-state index contributed by atoms with van der Waals surface area (Å²) < 4.78 is 5.84. The molecule has 0 radical (unpaired) electrons. The monoisotopic (exact) mass is 359 g/mol. The molecule has 0 spiro atoms. The van der Waals surface area contributed by atoms with E-state index in [-0.39, 0.29) is 6.10 Å². The van der Waals surface area contributed by atoms with Crippen LogP contribution in [0.4, 0.5) is 0 Å². The number of aromatic nitrogens is 3. The fourth-order valence-corrected chi connectivity index (χ4v) is 2.67. The molecule has 3 aromatic rings. The molecule has 24 heavy (non-hydrogen) atoms. The Balaban J connectivity index is 2.11. The van der Waals surface area contributed by atoms with Gasteiger partial charge in [-0.25, -0.2) is 0 Å². The van der Waals surface area contributed by atoms with E-state index in [4.69, 9.17) is 27.9 Å². The van der Waals surface area contributed by atoms with Crippen molar-refractivity contribution in [3.63, 3.8) is 0 Å². The van der Waals surface area contributed by atoms with Crippen LogP contribution in [-0.4, -0.2) is 21.3 Å². The van der Waals surface area contributed by atoms with Gasteiger partial charge in [0.2, 0.25) is 5.88 Å². The summed E-state index contributed by atoms with van der Waals surface area (Å²) in [4.78, 5) is 4.53. The summed E-state index contributed by atoms with van der Waals surface area (Å²) in [5.41, 5.74) is 2.14. The minimum Gasteiger partial charge on any atom is -0.473 e. The predicted octanol–water partition coefficient (Wildman–Crippen LogP) is 5.30. The van der Waals surface area contributed by atoms with Gasteiger partial charge in [-0.1, -0.05) is 53.5 Å². The molecule has 0 aliphatic carbocycles. The largest absolute Gasteiger partial charge is 0.473 e. The van der Waals surface area contributed by atoms with E-state index in [1.807, 2.05) is 44.2 Å². The Kier molecular flexibility index (Phi) is 4.97. The highest BCUT2D eigenvalue weighted by atomic mass is 35.5. The highest BCUT2D eigenvalue weighted by Crippen LogP contribution is 2.32. The molecule has 0 amide bonds. The molecule has 0 bridgehead atoms. The Morgan fingerprint density at radius 1 is 0.958 bits per heavy atom. The van der Waals surface area contributed by atoms with Crippen LogP contribution in [0.1, 0.15) is 13.8 Å². The van der Waals surface area contributed by atoms with Crippen molar-refractivity contribution < 1.29 is 4.74 Å². The van der Waals surface area contributed by atoms with Crippen LogP contribution in [-0.2, 0) is 0 Å². The molecule has 0 aliphatic rings. The lowest BCUT2D eigenvalue weighted by atomic mass is 10.1. The van der Waals surface area contributed by atoms with Crippen molar-refractivity contribution >= 4 is 23.2 Å². The van der Waals surface area contributed by atoms with E-state index in [2.05, 4.69) is 15.2 Å². The van der Waals surface area contributed by atoms with Crippen LogP contribution in [0.3, 0.4) is 0 Å². The van der Waals surface area contributed by atoms with Crippen LogP contribution in [0, 0.1) is 0 Å². The zero-order valence-electron chi connectivity index (χ0n) is 13.2. The van der Waals surface area contributed by atoms with Crippen molar-refractivity contribution in [3.8, 4) is 28.5 Å². The van der Waals surface area contributed by atoms with Crippen LogP contribution in [0.15, 0.2) is 48.5 Å². The molecule has 0 N–H and O–H groups in total. The fourth-order valence-electron chi connectivity index (χ4n) is 2.18. The molecule has 0 saturated carbocycles. The number of nitrogens with zero attached hydrogens (tertiary/aromatic N) is 3. The molecule has 0 aliphatic heterocycles. The molecule has 3 rings (SSSR count). The lowest BCUT2D eigenvalue weighted by molar-refractivity contribution is 0.232. The maximum atomic E-state index is 6.25. The van der Waals surface area contributed by atoms with Crippen molar-refractivity contribution in [2.24, 2.45) is 0 Å². The summed E-state index contributed by atoms with van der Waals surface area (Å²) in [6, 6.07) is 14.8. The van der Waals surface area contributed by atoms with E-state index in [1.165, 1.54) is 0 Å². The number of benzene rings is 2. The van der Waals surface area contributed by atoms with E-state index < -0.39 is 0 Å². The lowest BCUT2D eigenvalue weighted by Gasteiger charge is -2.13. The van der Waals surface area contributed by atoms with Crippen molar-refractivity contribution in [2.75, 3.05) is 0 Å². The van der Waals surface area contributed by atoms with Gasteiger partial charge < -0.3 is 4.74 Å². The molecular formula is C18H15Cl2N3O. The smallest absolute Gasteiger partial charge is 0.244 e. The Labute approximate surface area is 150 Å². The van der Waals surface area contributed by atoms with Crippen LogP contribution in [0.2, 0.25) is 10.0 Å². The molecular weight excluding hydrogens is 345 g/mol. The average Bonchev–Trinajstić information content (AvgIpc) is 2.55. The first-order chi connectivity index (χ1) is 11.5. The third-order valence-electron chi connectivity index (χ3n) is 3.22. The molecule has 6 heteroatoms. The van der Waals surface area contributed by atoms with Gasteiger partial charge in [-0.15, -0.1) is 10.2 Å². The van der Waals surface area contributed by atoms with Gasteiger partial charge in [0.25, 0.3) is 0 Å². The quantitative estimate of drug-likeness (QED) is 0.634. The van der Waals surface area contributed by atoms with Gasteiger partial charge in [-0.05, 0) is 32.0 Å². The van der Waals surface area contributed by atoms with Crippen LogP contribution in [0.25, 0.3) is 22.6 Å². The van der Waals surface area contributed by atoms with Gasteiger partial charge in [-0.2, -0.15) is 4.98 Å². The Bertz CT molecular complexity index is 854. The first-order valence-corrected chi connectivity index (χ1v) is 8.22. The van der Waals surface area contributed by atoms with Crippen LogP contribution >= 0.6 is 23.2 Å². The summed E-state index contributed by atoms with van der Waals surface area (Å²) in [5, 5.41) is 9.55. The van der Waals surface area contributed by atoms with Gasteiger partial charge >= 0.3 is 0 Å². The number of rotatable bonds is 4. The van der Waals surface area contributed by atoms with E-state index in [0.717, 1.165) is 5.56 Å². The van der Waals surface area contributed by atoms with Crippen LogP contribution in [0.5, 0.6) is 5.88 Å². The Morgan fingerprint density at radius 2 is 1.71 bits per heavy atom. The molecule has 4 nitrogen and oxygen atoms in total. The number of hydrogen-bond donors (Lipinski definition) is 0. The van der Waals surface area contributed by atoms with Gasteiger partial charge in [-0.3, -0.25) is 0 Å². The second-order valence-electron chi connectivity index (χ2n) is 5.45. The maximum absolute atomic E-state index is 6.25. The molecule has 2 aromatic carbocycles. The first kappa shape index (κ1) is 16.7. The lowest BCUT2D eigenvalue weighted by Crippen LogP contribution is -2.10. The minimum atomic E-state index is -0.0438. The molecule has 1 heterocycles. The molecule has 1 aromatic heterocycles. The normalized spacial score (nSPS) is 10.9. The highest BCUT2D eigenvalue weighted by Gasteiger charge is 2.16. The van der Waals surface area contributed by atoms with Crippen LogP contribution < -0.4 is 4.74 Å². The highest BCUT2D eigenvalue weighted by molar-refractivity contribution is 6.36. The number of ether oxygens (including phenoxy) is 1. The summed E-state index contributed by atoms with van der Waals surface area (Å²) in [6.07, 6.45) is -0.0438. The zero-order chi connectivity index (χ0) is 17.1. The molecule has 0 fully saturated rings. The Hall–Kier alpha value is -2.17. The van der Waals surface area contributed by atoms with E-state index >= 15 is 0 Å². The maximum Gasteiger partial charge on any atom is 0.244 e. The van der Waals surface area contributed by atoms with E-state index in [1.54, 1.807) is 18.2 Å². The average molecular weight is 360 g/mol. The first-order valence-electron chi connectivity index (χ1n) is 7.47. The summed E-state index contributed by atoms with van der Waals surface area (Å²) in [6.45, 7) is 3.87. The standard InChI is InChI=1S/C18H15Cl2N3O/c1-11(2)24-18-16(12-6-4-3-5-7-12)22-23-17(21-18)14-9-8-13(19)10-15(14)20/h3-11H,1-2H3. The molecule has 122 valence electrons. The van der Waals surface area contributed by atoms with Gasteiger partial charge in [0.1, 0.15) is 0 Å². The molecule has 0 saturated heterocycles. The zero-order valence-corrected chi connectivity index (χ0v) is 14.7. The van der Waals surface area contributed by atoms with Gasteiger partial charge in [0.15, 0.2) is 11.5 Å². The van der Waals surface area contributed by atoms with Crippen molar-refractivity contribution in [3.05, 3.63) is 58.6 Å². The van der Waals surface area contributed by atoms with E-state index in [9.17, 15) is 0 Å². The van der Waals surface area contributed by atoms with Crippen molar-refractivity contribution in [2.45, 2.75) is 20.0 Å².